The molecule has 0 amide bonds. The molecule has 1 heterocycles. The molecule has 1 aromatic rings. The molecule has 1 rings (SSSR count). The molecule has 0 saturated heterocycles. The van der Waals surface area contributed by atoms with E-state index >= 15 is 0 Å². The second-order valence-corrected chi connectivity index (χ2v) is 3.51. The molecule has 19 heavy (non-hydrogen) atoms. The highest BCUT2D eigenvalue weighted by Crippen LogP contribution is 2.22. The molecule has 0 aliphatic carbocycles. The summed E-state index contributed by atoms with van der Waals surface area (Å²) < 4.78 is 9.71. The molecule has 0 atom stereocenters. The molecular weight excluding hydrogens is 248 g/mol. The molecule has 0 saturated carbocycles. The van der Waals surface area contributed by atoms with Gasteiger partial charge in [0.15, 0.2) is 5.92 Å². The van der Waals surface area contributed by atoms with Crippen LogP contribution in [0.1, 0.15) is 30.9 Å². The van der Waals surface area contributed by atoms with Crippen LogP contribution in [0.4, 0.5) is 0 Å². The van der Waals surface area contributed by atoms with Crippen LogP contribution in [-0.4, -0.2) is 30.1 Å². The van der Waals surface area contributed by atoms with E-state index in [4.69, 9.17) is 14.7 Å². The van der Waals surface area contributed by atoms with Gasteiger partial charge in [-0.1, -0.05) is 0 Å². The van der Waals surface area contributed by atoms with Crippen molar-refractivity contribution in [3.8, 4) is 6.07 Å². The summed E-state index contributed by atoms with van der Waals surface area (Å²) in [5.74, 6) is -2.72. The van der Waals surface area contributed by atoms with E-state index in [0.717, 1.165) is 0 Å². The lowest BCUT2D eigenvalue weighted by Gasteiger charge is -2.15. The van der Waals surface area contributed by atoms with E-state index < -0.39 is 17.9 Å². The highest BCUT2D eigenvalue weighted by molar-refractivity contribution is 6.01. The summed E-state index contributed by atoms with van der Waals surface area (Å²) in [6.07, 6.45) is 2.70. The number of carbonyl (C=O) groups is 2. The monoisotopic (exact) mass is 262 g/mol. The van der Waals surface area contributed by atoms with E-state index in [-0.39, 0.29) is 24.3 Å². The van der Waals surface area contributed by atoms with Crippen molar-refractivity contribution in [3.05, 3.63) is 29.6 Å². The van der Waals surface area contributed by atoms with E-state index in [1.165, 1.54) is 18.5 Å². The predicted octanol–water partition coefficient (Wildman–Crippen LogP) is 1.16. The van der Waals surface area contributed by atoms with Crippen molar-refractivity contribution in [1.29, 1.82) is 5.26 Å². The molecule has 0 radical (unpaired) electrons. The predicted molar refractivity (Wildman–Crippen MR) is 65.0 cm³/mol. The van der Waals surface area contributed by atoms with E-state index in [2.05, 4.69) is 4.98 Å². The zero-order chi connectivity index (χ0) is 14.3. The van der Waals surface area contributed by atoms with Crippen LogP contribution in [-0.2, 0) is 19.1 Å². The zero-order valence-corrected chi connectivity index (χ0v) is 10.8. The lowest BCUT2D eigenvalue weighted by Crippen LogP contribution is -2.27. The normalized spacial score (nSPS) is 9.79. The van der Waals surface area contributed by atoms with Gasteiger partial charge in [0.2, 0.25) is 0 Å². The maximum Gasteiger partial charge on any atom is 0.324 e. The second-order valence-electron chi connectivity index (χ2n) is 3.51. The van der Waals surface area contributed by atoms with Crippen molar-refractivity contribution in [2.75, 3.05) is 13.2 Å². The molecule has 100 valence electrons. The van der Waals surface area contributed by atoms with Crippen LogP contribution in [0.3, 0.4) is 0 Å². The first-order chi connectivity index (χ1) is 9.15. The highest BCUT2D eigenvalue weighted by Gasteiger charge is 2.33. The van der Waals surface area contributed by atoms with Gasteiger partial charge in [-0.25, -0.2) is 0 Å². The molecule has 6 nitrogen and oxygen atoms in total. The molecule has 0 spiro atoms. The van der Waals surface area contributed by atoms with Gasteiger partial charge in [-0.2, -0.15) is 5.26 Å². The van der Waals surface area contributed by atoms with E-state index in [1.807, 2.05) is 6.07 Å². The van der Waals surface area contributed by atoms with Gasteiger partial charge in [-0.15, -0.1) is 0 Å². The van der Waals surface area contributed by atoms with Gasteiger partial charge in [0.05, 0.1) is 18.8 Å². The number of hydrogen-bond acceptors (Lipinski definition) is 6. The molecule has 6 heteroatoms. The molecule has 1 aromatic heterocycles. The Kier molecular flexibility index (Phi) is 5.48. The van der Waals surface area contributed by atoms with Crippen LogP contribution in [0.25, 0.3) is 0 Å². The quantitative estimate of drug-likeness (QED) is 0.584. The minimum atomic E-state index is -1.25. The van der Waals surface area contributed by atoms with Gasteiger partial charge < -0.3 is 9.47 Å². The van der Waals surface area contributed by atoms with Crippen molar-refractivity contribution in [1.82, 2.24) is 4.98 Å². The summed E-state index contributed by atoms with van der Waals surface area (Å²) in [6, 6.07) is 3.33. The third-order valence-corrected chi connectivity index (χ3v) is 2.33. The number of pyridine rings is 1. The smallest absolute Gasteiger partial charge is 0.324 e. The molecule has 0 N–H and O–H groups in total. The number of nitriles is 1. The van der Waals surface area contributed by atoms with E-state index in [0.29, 0.717) is 0 Å². The lowest BCUT2D eigenvalue weighted by molar-refractivity contribution is -0.156. The number of aromatic nitrogens is 1. The van der Waals surface area contributed by atoms with Gasteiger partial charge in [0.1, 0.15) is 6.07 Å². The van der Waals surface area contributed by atoms with Crippen LogP contribution in [0.15, 0.2) is 18.5 Å². The first-order valence-electron chi connectivity index (χ1n) is 5.82. The first-order valence-corrected chi connectivity index (χ1v) is 5.82. The number of esters is 2. The SMILES string of the molecule is CCOC(=O)C(C(=O)OCC)c1ccncc1C#N. The minimum Gasteiger partial charge on any atom is -0.465 e. The topological polar surface area (TPSA) is 89.3 Å². The van der Waals surface area contributed by atoms with Crippen molar-refractivity contribution < 1.29 is 19.1 Å². The maximum absolute atomic E-state index is 11.9. The highest BCUT2D eigenvalue weighted by atomic mass is 16.6. The summed E-state index contributed by atoms with van der Waals surface area (Å²) in [5.41, 5.74) is 0.392. The summed E-state index contributed by atoms with van der Waals surface area (Å²) in [5, 5.41) is 9.00. The van der Waals surface area contributed by atoms with Crippen molar-refractivity contribution in [2.45, 2.75) is 19.8 Å². The Morgan fingerprint density at radius 3 is 2.37 bits per heavy atom. The summed E-state index contributed by atoms with van der Waals surface area (Å²) >= 11 is 0. The Morgan fingerprint density at radius 2 is 1.89 bits per heavy atom. The summed E-state index contributed by atoms with van der Waals surface area (Å²) in [6.45, 7) is 3.55. The van der Waals surface area contributed by atoms with E-state index in [9.17, 15) is 9.59 Å². The summed E-state index contributed by atoms with van der Waals surface area (Å²) in [7, 11) is 0. The van der Waals surface area contributed by atoms with Crippen LogP contribution in [0.5, 0.6) is 0 Å². The van der Waals surface area contributed by atoms with Crippen molar-refractivity contribution in [2.24, 2.45) is 0 Å². The number of rotatable bonds is 5. The molecular formula is C13H14N2O4. The fourth-order valence-electron chi connectivity index (χ4n) is 1.55. The minimum absolute atomic E-state index is 0.141. The number of hydrogen-bond donors (Lipinski definition) is 0. The molecule has 0 fully saturated rings. The zero-order valence-electron chi connectivity index (χ0n) is 10.8. The fourth-order valence-corrected chi connectivity index (χ4v) is 1.55. The Morgan fingerprint density at radius 1 is 1.32 bits per heavy atom. The summed E-state index contributed by atoms with van der Waals surface area (Å²) in [4.78, 5) is 27.5. The van der Waals surface area contributed by atoms with Gasteiger partial charge >= 0.3 is 11.9 Å². The number of nitrogens with zero attached hydrogens (tertiary/aromatic N) is 2. The average Bonchev–Trinajstić information content (AvgIpc) is 2.40. The van der Waals surface area contributed by atoms with E-state index in [1.54, 1.807) is 13.8 Å². The molecule has 0 aromatic carbocycles. The molecule has 0 aliphatic rings. The van der Waals surface area contributed by atoms with Gasteiger partial charge in [-0.05, 0) is 25.5 Å². The van der Waals surface area contributed by atoms with Crippen molar-refractivity contribution >= 4 is 11.9 Å². The Bertz CT molecular complexity index is 490. The third kappa shape index (κ3) is 3.52. The Hall–Kier alpha value is -2.42. The van der Waals surface area contributed by atoms with Gasteiger partial charge in [0.25, 0.3) is 0 Å². The van der Waals surface area contributed by atoms with Crippen LogP contribution in [0, 0.1) is 11.3 Å². The second kappa shape index (κ2) is 7.11. The average molecular weight is 262 g/mol. The molecule has 0 bridgehead atoms. The van der Waals surface area contributed by atoms with Crippen LogP contribution in [0.2, 0.25) is 0 Å². The van der Waals surface area contributed by atoms with Crippen LogP contribution < -0.4 is 0 Å². The number of carbonyl (C=O) groups excluding carboxylic acids is 2. The molecule has 0 unspecified atom stereocenters. The number of ether oxygens (including phenoxy) is 2. The molecule has 0 aliphatic heterocycles. The van der Waals surface area contributed by atoms with Crippen LogP contribution >= 0.6 is 0 Å². The third-order valence-electron chi connectivity index (χ3n) is 2.33. The largest absolute Gasteiger partial charge is 0.465 e. The van der Waals surface area contributed by atoms with Crippen molar-refractivity contribution in [3.63, 3.8) is 0 Å². The maximum atomic E-state index is 11.9. The standard InChI is InChI=1S/C13H14N2O4/c1-3-18-12(16)11(13(17)19-4-2)10-5-6-15-8-9(10)7-14/h5-6,8,11H,3-4H2,1-2H3. The van der Waals surface area contributed by atoms with Gasteiger partial charge in [0, 0.05) is 12.4 Å². The Balaban J connectivity index is 3.19. The van der Waals surface area contributed by atoms with Gasteiger partial charge in [-0.3, -0.25) is 14.6 Å². The first kappa shape index (κ1) is 14.6. The fraction of sp³-hybridized carbons (Fsp3) is 0.385. The Labute approximate surface area is 111 Å². The lowest BCUT2D eigenvalue weighted by atomic mass is 9.96.